The number of esters is 1. The molecule has 1 aromatic heterocycles. The van der Waals surface area contributed by atoms with E-state index in [0.717, 1.165) is 11.8 Å². The van der Waals surface area contributed by atoms with Crippen molar-refractivity contribution in [1.82, 2.24) is 9.97 Å². The highest BCUT2D eigenvalue weighted by Gasteiger charge is 2.35. The molecule has 3 aromatic rings. The molecule has 1 amide bonds. The maximum absolute atomic E-state index is 13.0. The van der Waals surface area contributed by atoms with E-state index in [9.17, 15) is 18.0 Å². The zero-order valence-electron chi connectivity index (χ0n) is 18.5. The molecule has 0 atom stereocenters. The number of nitrogens with one attached hydrogen (secondary N) is 1. The predicted molar refractivity (Wildman–Crippen MR) is 129 cm³/mol. The molecule has 11 heteroatoms. The topological polar surface area (TPSA) is 119 Å². The van der Waals surface area contributed by atoms with Crippen LogP contribution < -0.4 is 9.62 Å². The van der Waals surface area contributed by atoms with E-state index in [1.165, 1.54) is 10.5 Å². The van der Waals surface area contributed by atoms with Crippen LogP contribution in [0.5, 0.6) is 0 Å². The summed E-state index contributed by atoms with van der Waals surface area (Å²) in [6, 6.07) is 13.5. The first kappa shape index (κ1) is 23.7. The minimum Gasteiger partial charge on any atom is -0.462 e. The first-order chi connectivity index (χ1) is 16.3. The second-order valence-electron chi connectivity index (χ2n) is 7.19. The fourth-order valence-electron chi connectivity index (χ4n) is 3.52. The molecule has 4 rings (SSSR count). The van der Waals surface area contributed by atoms with Crippen LogP contribution in [0.2, 0.25) is 0 Å². The largest absolute Gasteiger partial charge is 0.462 e. The smallest absolute Gasteiger partial charge is 0.338 e. The van der Waals surface area contributed by atoms with Crippen LogP contribution in [0.1, 0.15) is 24.2 Å². The normalized spacial score (nSPS) is 13.5. The van der Waals surface area contributed by atoms with Crippen molar-refractivity contribution in [2.45, 2.75) is 23.9 Å². The number of hydrogen-bond acceptors (Lipinski definition) is 8. The van der Waals surface area contributed by atoms with Crippen molar-refractivity contribution in [1.29, 1.82) is 0 Å². The fourth-order valence-corrected chi connectivity index (χ4v) is 5.71. The van der Waals surface area contributed by atoms with E-state index in [1.807, 2.05) is 12.1 Å². The Morgan fingerprint density at radius 2 is 1.82 bits per heavy atom. The monoisotopic (exact) mass is 498 g/mol. The molecule has 0 fully saturated rings. The van der Waals surface area contributed by atoms with E-state index >= 15 is 0 Å². The van der Waals surface area contributed by atoms with E-state index in [4.69, 9.17) is 4.74 Å². The zero-order valence-corrected chi connectivity index (χ0v) is 20.1. The molecule has 1 aliphatic rings. The third-order valence-electron chi connectivity index (χ3n) is 5.03. The summed E-state index contributed by atoms with van der Waals surface area (Å²) in [7, 11) is -3.76. The molecule has 176 valence electrons. The van der Waals surface area contributed by atoms with Gasteiger partial charge in [0.15, 0.2) is 5.16 Å². The number of thioether (sulfide) groups is 1. The minimum atomic E-state index is -3.76. The van der Waals surface area contributed by atoms with Gasteiger partial charge in [-0.2, -0.15) is 0 Å². The standard InChI is InChI=1S/C23H22N4O5S2/c1-3-27-18-8-6-5-7-17(18)21-19(34(27,30)31)13-24-23(26-21)33-14-20(28)25-16-11-9-15(10-12-16)22(29)32-4-2/h5-13H,3-4,14H2,1-2H3,(H,25,28). The van der Waals surface area contributed by atoms with E-state index in [0.29, 0.717) is 33.4 Å². The highest BCUT2D eigenvalue weighted by molar-refractivity contribution is 7.99. The number of benzene rings is 2. The second kappa shape index (κ2) is 9.82. The lowest BCUT2D eigenvalue weighted by Crippen LogP contribution is -2.34. The van der Waals surface area contributed by atoms with Crippen LogP contribution >= 0.6 is 11.8 Å². The number of carbonyl (C=O) groups excluding carboxylic acids is 2. The van der Waals surface area contributed by atoms with Crippen molar-refractivity contribution in [3.63, 3.8) is 0 Å². The molecule has 0 saturated heterocycles. The van der Waals surface area contributed by atoms with Gasteiger partial charge in [0.25, 0.3) is 10.0 Å². The Bertz CT molecular complexity index is 1340. The van der Waals surface area contributed by atoms with Crippen molar-refractivity contribution in [2.24, 2.45) is 0 Å². The number of amides is 1. The highest BCUT2D eigenvalue weighted by atomic mass is 32.2. The number of nitrogens with zero attached hydrogens (tertiary/aromatic N) is 3. The molecule has 0 spiro atoms. The number of carbonyl (C=O) groups is 2. The zero-order chi connectivity index (χ0) is 24.3. The number of hydrogen-bond donors (Lipinski definition) is 1. The Kier molecular flexibility index (Phi) is 6.85. The number of aromatic nitrogens is 2. The lowest BCUT2D eigenvalue weighted by molar-refractivity contribution is -0.113. The van der Waals surface area contributed by atoms with E-state index in [1.54, 1.807) is 50.2 Å². The van der Waals surface area contributed by atoms with Gasteiger partial charge in [-0.05, 0) is 44.2 Å². The van der Waals surface area contributed by atoms with Gasteiger partial charge in [0, 0.05) is 17.8 Å². The molecule has 0 bridgehead atoms. The molecule has 34 heavy (non-hydrogen) atoms. The molecular formula is C23H22N4O5S2. The van der Waals surface area contributed by atoms with Crippen molar-refractivity contribution in [2.75, 3.05) is 28.5 Å². The lowest BCUT2D eigenvalue weighted by Gasteiger charge is -2.30. The number of rotatable bonds is 7. The van der Waals surface area contributed by atoms with Gasteiger partial charge in [0.05, 0.1) is 35.5 Å². The van der Waals surface area contributed by atoms with Gasteiger partial charge in [0.2, 0.25) is 5.91 Å². The van der Waals surface area contributed by atoms with Gasteiger partial charge >= 0.3 is 5.97 Å². The number of sulfonamides is 1. The number of ether oxygens (including phenoxy) is 1. The summed E-state index contributed by atoms with van der Waals surface area (Å²) >= 11 is 1.10. The van der Waals surface area contributed by atoms with Gasteiger partial charge in [-0.15, -0.1) is 0 Å². The van der Waals surface area contributed by atoms with Gasteiger partial charge in [0.1, 0.15) is 4.90 Å². The van der Waals surface area contributed by atoms with Crippen molar-refractivity contribution in [3.8, 4) is 11.3 Å². The minimum absolute atomic E-state index is 0.0217. The van der Waals surface area contributed by atoms with E-state index in [-0.39, 0.29) is 29.7 Å². The van der Waals surface area contributed by atoms with E-state index in [2.05, 4.69) is 15.3 Å². The van der Waals surface area contributed by atoms with Gasteiger partial charge in [-0.1, -0.05) is 30.0 Å². The van der Waals surface area contributed by atoms with Gasteiger partial charge < -0.3 is 10.1 Å². The van der Waals surface area contributed by atoms with Gasteiger partial charge in [-0.3, -0.25) is 9.10 Å². The third kappa shape index (κ3) is 4.62. The summed E-state index contributed by atoms with van der Waals surface area (Å²) < 4.78 is 32.3. The molecular weight excluding hydrogens is 476 g/mol. The highest BCUT2D eigenvalue weighted by Crippen LogP contribution is 2.41. The molecule has 1 aliphatic heterocycles. The Balaban J connectivity index is 1.47. The Morgan fingerprint density at radius 3 is 2.53 bits per heavy atom. The van der Waals surface area contributed by atoms with Crippen LogP contribution in [-0.2, 0) is 19.6 Å². The van der Waals surface area contributed by atoms with Gasteiger partial charge in [-0.25, -0.2) is 23.2 Å². The maximum Gasteiger partial charge on any atom is 0.338 e. The van der Waals surface area contributed by atoms with Crippen LogP contribution in [0, 0.1) is 0 Å². The molecule has 1 N–H and O–H groups in total. The fraction of sp³-hybridized carbons (Fsp3) is 0.217. The van der Waals surface area contributed by atoms with Crippen LogP contribution in [0.25, 0.3) is 11.3 Å². The van der Waals surface area contributed by atoms with Crippen molar-refractivity contribution >= 4 is 45.0 Å². The molecule has 0 aliphatic carbocycles. The molecule has 0 saturated carbocycles. The third-order valence-corrected chi connectivity index (χ3v) is 7.78. The Labute approximate surface area is 201 Å². The predicted octanol–water partition coefficient (Wildman–Crippen LogP) is 3.58. The Hall–Kier alpha value is -3.44. The quantitative estimate of drug-likeness (QED) is 0.298. The first-order valence-electron chi connectivity index (χ1n) is 10.5. The van der Waals surface area contributed by atoms with Crippen LogP contribution in [0.4, 0.5) is 11.4 Å². The SMILES string of the molecule is CCOC(=O)c1ccc(NC(=O)CSc2ncc3c(n2)-c2ccccc2N(CC)S3(=O)=O)cc1. The summed E-state index contributed by atoms with van der Waals surface area (Å²) in [6.45, 7) is 4.07. The van der Waals surface area contributed by atoms with Crippen LogP contribution in [-0.4, -0.2) is 49.2 Å². The number of anilines is 2. The average Bonchev–Trinajstić information content (AvgIpc) is 2.83. The summed E-state index contributed by atoms with van der Waals surface area (Å²) in [5.41, 5.74) is 2.52. The summed E-state index contributed by atoms with van der Waals surface area (Å²) in [6.07, 6.45) is 1.30. The van der Waals surface area contributed by atoms with Crippen molar-refractivity contribution in [3.05, 3.63) is 60.3 Å². The number of para-hydroxylation sites is 1. The Morgan fingerprint density at radius 1 is 1.09 bits per heavy atom. The molecule has 2 heterocycles. The summed E-state index contributed by atoms with van der Waals surface area (Å²) in [4.78, 5) is 32.8. The summed E-state index contributed by atoms with van der Waals surface area (Å²) in [5, 5.41) is 3.04. The average molecular weight is 499 g/mol. The molecule has 2 aromatic carbocycles. The van der Waals surface area contributed by atoms with E-state index < -0.39 is 16.0 Å². The number of fused-ring (bicyclic) bond motifs is 3. The molecule has 9 nitrogen and oxygen atoms in total. The van der Waals surface area contributed by atoms with Crippen LogP contribution in [0.15, 0.2) is 64.8 Å². The lowest BCUT2D eigenvalue weighted by atomic mass is 10.1. The van der Waals surface area contributed by atoms with Crippen LogP contribution in [0.3, 0.4) is 0 Å². The molecule has 0 radical (unpaired) electrons. The molecule has 0 unspecified atom stereocenters. The summed E-state index contributed by atoms with van der Waals surface area (Å²) in [5.74, 6) is -0.694. The second-order valence-corrected chi connectivity index (χ2v) is 9.96. The maximum atomic E-state index is 13.0. The van der Waals surface area contributed by atoms with Crippen molar-refractivity contribution < 1.29 is 22.7 Å². The first-order valence-corrected chi connectivity index (χ1v) is 13.0.